The van der Waals surface area contributed by atoms with E-state index in [2.05, 4.69) is 31.4 Å². The Hall–Kier alpha value is -1.64. The van der Waals surface area contributed by atoms with Crippen LogP contribution in [0.3, 0.4) is 0 Å². The second-order valence-electron chi connectivity index (χ2n) is 4.25. The third-order valence-electron chi connectivity index (χ3n) is 3.45. The van der Waals surface area contributed by atoms with Crippen molar-refractivity contribution in [2.24, 2.45) is 0 Å². The van der Waals surface area contributed by atoms with Gasteiger partial charge in [0.05, 0.1) is 18.3 Å². The van der Waals surface area contributed by atoms with Crippen LogP contribution in [0.5, 0.6) is 5.75 Å². The maximum Gasteiger partial charge on any atom is 0.151 e. The topological polar surface area (TPSA) is 40.2 Å². The van der Waals surface area contributed by atoms with E-state index in [1.165, 1.54) is 16.8 Å². The summed E-state index contributed by atoms with van der Waals surface area (Å²) in [4.78, 5) is 0. The Bertz CT molecular complexity index is 555. The molecule has 0 spiro atoms. The number of aromatic nitrogens is 1. The lowest BCUT2D eigenvalue weighted by Gasteiger charge is -2.08. The predicted molar refractivity (Wildman–Crippen MR) is 72.7 cm³/mol. The summed E-state index contributed by atoms with van der Waals surface area (Å²) in [5, 5.41) is 1.16. The number of benzene rings is 1. The Balaban J connectivity index is 2.92. The van der Waals surface area contributed by atoms with Gasteiger partial charge in [-0.1, -0.05) is 6.92 Å². The number of ether oxygens (including phenoxy) is 1. The minimum atomic E-state index is 0.707. The van der Waals surface area contributed by atoms with Crippen LogP contribution in [0.15, 0.2) is 12.1 Å². The van der Waals surface area contributed by atoms with Crippen LogP contribution in [0.25, 0.3) is 10.9 Å². The van der Waals surface area contributed by atoms with Crippen molar-refractivity contribution in [3.05, 3.63) is 23.4 Å². The lowest BCUT2D eigenvalue weighted by molar-refractivity contribution is 0.422. The van der Waals surface area contributed by atoms with E-state index in [0.29, 0.717) is 5.69 Å². The highest BCUT2D eigenvalue weighted by Crippen LogP contribution is 2.37. The average molecular weight is 232 g/mol. The lowest BCUT2D eigenvalue weighted by atomic mass is 10.1. The highest BCUT2D eigenvalue weighted by molar-refractivity contribution is 5.95. The standard InChI is InChI=1S/C14H20N2O/c1-5-11-9(3)13-12(16(11)6-2)8-7-10(15)14(13)17-4/h7-8H,5-6,15H2,1-4H3. The van der Waals surface area contributed by atoms with Crippen LogP contribution in [0.2, 0.25) is 0 Å². The van der Waals surface area contributed by atoms with Gasteiger partial charge in [0, 0.05) is 17.6 Å². The number of aryl methyl sites for hydroxylation is 2. The Morgan fingerprint density at radius 3 is 2.53 bits per heavy atom. The molecule has 2 aromatic rings. The van der Waals surface area contributed by atoms with Gasteiger partial charge in [-0.25, -0.2) is 0 Å². The van der Waals surface area contributed by atoms with Crippen molar-refractivity contribution in [1.82, 2.24) is 4.57 Å². The van der Waals surface area contributed by atoms with Crippen LogP contribution in [-0.2, 0) is 13.0 Å². The zero-order valence-corrected chi connectivity index (χ0v) is 11.0. The number of fused-ring (bicyclic) bond motifs is 1. The first-order chi connectivity index (χ1) is 8.15. The van der Waals surface area contributed by atoms with Gasteiger partial charge < -0.3 is 15.0 Å². The molecule has 1 heterocycles. The Morgan fingerprint density at radius 1 is 1.29 bits per heavy atom. The van der Waals surface area contributed by atoms with Crippen LogP contribution in [0.1, 0.15) is 25.1 Å². The van der Waals surface area contributed by atoms with Crippen LogP contribution in [0, 0.1) is 6.92 Å². The molecule has 3 nitrogen and oxygen atoms in total. The maximum atomic E-state index is 5.97. The first kappa shape index (κ1) is 11.8. The normalized spacial score (nSPS) is 11.1. The summed E-state index contributed by atoms with van der Waals surface area (Å²) in [5.41, 5.74) is 10.5. The van der Waals surface area contributed by atoms with E-state index in [4.69, 9.17) is 10.5 Å². The van der Waals surface area contributed by atoms with E-state index < -0.39 is 0 Å². The summed E-state index contributed by atoms with van der Waals surface area (Å²) < 4.78 is 7.80. The van der Waals surface area contributed by atoms with Crippen molar-refractivity contribution in [3.8, 4) is 5.75 Å². The molecular formula is C14H20N2O. The van der Waals surface area contributed by atoms with Gasteiger partial charge in [0.1, 0.15) is 0 Å². The van der Waals surface area contributed by atoms with Gasteiger partial charge >= 0.3 is 0 Å². The number of nitrogen functional groups attached to an aromatic ring is 1. The quantitative estimate of drug-likeness (QED) is 0.826. The minimum absolute atomic E-state index is 0.707. The zero-order valence-electron chi connectivity index (χ0n) is 11.0. The fourth-order valence-electron chi connectivity index (χ4n) is 2.70. The summed E-state index contributed by atoms with van der Waals surface area (Å²) in [6.07, 6.45) is 1.03. The van der Waals surface area contributed by atoms with Crippen molar-refractivity contribution < 1.29 is 4.74 Å². The van der Waals surface area contributed by atoms with Gasteiger partial charge in [-0.2, -0.15) is 0 Å². The molecule has 0 saturated heterocycles. The number of rotatable bonds is 3. The summed E-state index contributed by atoms with van der Waals surface area (Å²) >= 11 is 0. The smallest absolute Gasteiger partial charge is 0.151 e. The van der Waals surface area contributed by atoms with Gasteiger partial charge in [-0.05, 0) is 38.0 Å². The molecular weight excluding hydrogens is 212 g/mol. The highest BCUT2D eigenvalue weighted by Gasteiger charge is 2.16. The fraction of sp³-hybridized carbons (Fsp3) is 0.429. The number of anilines is 1. The number of nitrogens with two attached hydrogens (primary N) is 1. The highest BCUT2D eigenvalue weighted by atomic mass is 16.5. The number of methoxy groups -OCH3 is 1. The Labute approximate surface area is 102 Å². The maximum absolute atomic E-state index is 5.97. The molecule has 2 rings (SSSR count). The van der Waals surface area contributed by atoms with Crippen molar-refractivity contribution in [3.63, 3.8) is 0 Å². The SMILES string of the molecule is CCc1c(C)c2c(OC)c(N)ccc2n1CC. The molecule has 17 heavy (non-hydrogen) atoms. The van der Waals surface area contributed by atoms with Crippen LogP contribution >= 0.6 is 0 Å². The van der Waals surface area contributed by atoms with Crippen LogP contribution in [0.4, 0.5) is 5.69 Å². The molecule has 0 bridgehead atoms. The number of hydrogen-bond acceptors (Lipinski definition) is 2. The molecule has 0 fully saturated rings. The molecule has 0 aliphatic rings. The predicted octanol–water partition coefficient (Wildman–Crippen LogP) is 3.12. The summed E-state index contributed by atoms with van der Waals surface area (Å²) in [6.45, 7) is 7.47. The molecule has 3 heteroatoms. The van der Waals surface area contributed by atoms with Crippen molar-refractivity contribution >= 4 is 16.6 Å². The molecule has 0 amide bonds. The van der Waals surface area contributed by atoms with Gasteiger partial charge in [0.2, 0.25) is 0 Å². The summed E-state index contributed by atoms with van der Waals surface area (Å²) in [6, 6.07) is 4.01. The van der Waals surface area contributed by atoms with E-state index in [9.17, 15) is 0 Å². The van der Waals surface area contributed by atoms with Crippen molar-refractivity contribution in [1.29, 1.82) is 0 Å². The lowest BCUT2D eigenvalue weighted by Crippen LogP contribution is -1.99. The molecule has 0 saturated carbocycles. The first-order valence-electron chi connectivity index (χ1n) is 6.09. The third-order valence-corrected chi connectivity index (χ3v) is 3.45. The zero-order chi connectivity index (χ0) is 12.6. The van der Waals surface area contributed by atoms with E-state index in [1.54, 1.807) is 7.11 Å². The molecule has 0 aliphatic heterocycles. The van der Waals surface area contributed by atoms with Gasteiger partial charge in [0.25, 0.3) is 0 Å². The largest absolute Gasteiger partial charge is 0.494 e. The van der Waals surface area contributed by atoms with Gasteiger partial charge in [-0.15, -0.1) is 0 Å². The third kappa shape index (κ3) is 1.57. The van der Waals surface area contributed by atoms with Gasteiger partial charge in [0.15, 0.2) is 5.75 Å². The molecule has 0 unspecified atom stereocenters. The molecule has 1 aromatic heterocycles. The molecule has 0 aliphatic carbocycles. The first-order valence-corrected chi connectivity index (χ1v) is 6.09. The van der Waals surface area contributed by atoms with E-state index >= 15 is 0 Å². The molecule has 92 valence electrons. The molecule has 1 aromatic carbocycles. The monoisotopic (exact) mass is 232 g/mol. The minimum Gasteiger partial charge on any atom is -0.494 e. The second kappa shape index (κ2) is 4.32. The fourth-order valence-corrected chi connectivity index (χ4v) is 2.70. The van der Waals surface area contributed by atoms with Crippen molar-refractivity contribution in [2.75, 3.05) is 12.8 Å². The Morgan fingerprint density at radius 2 is 2.00 bits per heavy atom. The molecule has 0 atom stereocenters. The average Bonchev–Trinajstić information content (AvgIpc) is 2.61. The molecule has 2 N–H and O–H groups in total. The second-order valence-corrected chi connectivity index (χ2v) is 4.25. The summed E-state index contributed by atoms with van der Waals surface area (Å²) in [7, 11) is 1.68. The van der Waals surface area contributed by atoms with E-state index in [0.717, 1.165) is 24.1 Å². The number of hydrogen-bond donors (Lipinski definition) is 1. The van der Waals surface area contributed by atoms with E-state index in [-0.39, 0.29) is 0 Å². The van der Waals surface area contributed by atoms with Gasteiger partial charge in [-0.3, -0.25) is 0 Å². The van der Waals surface area contributed by atoms with Crippen LogP contribution < -0.4 is 10.5 Å². The van der Waals surface area contributed by atoms with Crippen molar-refractivity contribution in [2.45, 2.75) is 33.7 Å². The molecule has 0 radical (unpaired) electrons. The Kier molecular flexibility index (Phi) is 3.01. The van der Waals surface area contributed by atoms with Crippen LogP contribution in [-0.4, -0.2) is 11.7 Å². The number of nitrogens with zero attached hydrogens (tertiary/aromatic N) is 1. The van der Waals surface area contributed by atoms with E-state index in [1.807, 2.05) is 6.07 Å². The summed E-state index contributed by atoms with van der Waals surface area (Å²) in [5.74, 6) is 0.807.